The molecule has 0 spiro atoms. The van der Waals surface area contributed by atoms with Crippen molar-refractivity contribution in [1.29, 1.82) is 0 Å². The summed E-state index contributed by atoms with van der Waals surface area (Å²) in [5.41, 5.74) is 10.7. The van der Waals surface area contributed by atoms with E-state index in [-0.39, 0.29) is 135 Å². The maximum absolute atomic E-state index is 13.9. The number of nitrogens with one attached hydrogen (secondary N) is 2. The number of aliphatic hydroxyl groups excluding tert-OH is 6. The molecule has 0 bridgehead atoms. The zero-order valence-corrected chi connectivity index (χ0v) is 74.6. The van der Waals surface area contributed by atoms with Gasteiger partial charge in [0.15, 0.2) is 42.0 Å². The number of phenolic OH excluding ortho intramolecular Hbond substituents is 6. The van der Waals surface area contributed by atoms with Crippen molar-refractivity contribution in [3.8, 4) is 51.7 Å². The summed E-state index contributed by atoms with van der Waals surface area (Å²) in [6.45, 7) is 7.21. The van der Waals surface area contributed by atoms with Gasteiger partial charge < -0.3 is 146 Å². The average Bonchev–Trinajstić information content (AvgIpc) is 0.717. The van der Waals surface area contributed by atoms with Gasteiger partial charge in [0, 0.05) is 145 Å². The van der Waals surface area contributed by atoms with Crippen LogP contribution in [0.1, 0.15) is 260 Å². The maximum Gasteiger partial charge on any atom is 0.303 e. The molecule has 15 rings (SSSR count). The minimum absolute atomic E-state index is 0. The molecule has 12 unspecified atom stereocenters. The summed E-state index contributed by atoms with van der Waals surface area (Å²) in [4.78, 5) is 142. The number of carboxylic acids is 1. The van der Waals surface area contributed by atoms with Crippen LogP contribution in [-0.2, 0) is 71.7 Å². The Balaban J connectivity index is 0.000000194. The number of carboxylic acid groups (broad SMARTS) is 1. The van der Waals surface area contributed by atoms with Crippen LogP contribution in [0, 0.1) is 0 Å². The van der Waals surface area contributed by atoms with Crippen LogP contribution in [0.2, 0.25) is 0 Å². The topological polar surface area (TPSA) is 721 Å². The molecule has 0 radical (unpaired) electrons. The third kappa shape index (κ3) is 19.6. The first kappa shape index (κ1) is 104. The Morgan fingerprint density at radius 3 is 0.971 bits per heavy atom. The summed E-state index contributed by atoms with van der Waals surface area (Å²) in [6, 6.07) is 10.7. The standard InChI is InChI=1S/C32H37N3O12.C31H35N3O13.C27H29NO11.C2H6.CH4/c1-13(37)7-8-21(38)35-34-20(12-36)32(44)10-16-24(19(11-32)47-22-9-17(33)27(39)14(2)46-22)31(43)26-25(29(16)41)28(40)15-5-4-6-18(45-3)23(15)30(26)42;1-12-26(39)15(32)8-21(46-12)47-17-10-31(44,18(11-35)33-34-19(36)6-7-20(37)38)9-14-23(17)30(43)25-24(28(14)41)27(40)13-4-3-5-16(45-2)22(13)29(25)42;1-10-22(31)13(28)6-17(38-10)39-15-8-27(36,16(30)9-29)7-12-19(15)26(35)21-20(24(12)33)23(32)11-4-3-5-14(37-2)18(11)25(21)34;1-2;/h4-6,14,17,19,22,27,36,39,41,43-44H,7-12,33H2,1-3H3,(H,35,38);3-5,12,15,17,21,26,35,39,41,43-44H,6-11,32H2,1-2H3,(H,34,36)(H,37,38);3-5,10,13,15,17,22,29,31,33,35-36H,6-9,28H2,1-2H3;1-2H3;1H4/b34-20+;33-18-;;;/t14?,17?,19-,22?,27?,32-;12?,15?,17-,21?,26?,31-;10?,13?,15-,17?,22?,27-;;/m000../s1. The van der Waals surface area contributed by atoms with Crippen molar-refractivity contribution in [3.05, 3.63) is 155 Å². The highest BCUT2D eigenvalue weighted by molar-refractivity contribution is 6.34. The molecule has 3 fully saturated rings. The van der Waals surface area contributed by atoms with Gasteiger partial charge in [-0.15, -0.1) is 0 Å². The second kappa shape index (κ2) is 41.9. The SMILES string of the molecule is C.CC.COc1cccc2c1C(=O)c1c(O)c3c(c(O)c1C2=O)C[C@@](O)(/C(CO)=N/NC(=O)CCC(C)=O)C[C@@H]3OC1CC(N)C(O)C(C)O1.COc1cccc2c1C(=O)c1c(O)c3c(c(O)c1C2=O)C[C@@](O)(/C(CO)=N\NC(=O)CCC(=O)O)C[C@@H]3OC1CC(N)C(O)C(C)O1.COc1cccc2c1C(=O)c1c(O)c3c(c(O)c1C2=O)C[C@@](O)(C(=O)CO)C[C@@H]3OC1CC(N)C(O)C(C)O1. The highest BCUT2D eigenvalue weighted by Crippen LogP contribution is 2.58. The molecular formula is C93H111N7O36. The number of hydrogen-bond acceptors (Lipinski definition) is 40. The van der Waals surface area contributed by atoms with Gasteiger partial charge in [-0.25, -0.2) is 10.9 Å². The van der Waals surface area contributed by atoms with Gasteiger partial charge in [-0.3, -0.25) is 47.9 Å². The molecule has 0 aromatic heterocycles. The van der Waals surface area contributed by atoms with E-state index in [2.05, 4.69) is 21.1 Å². The van der Waals surface area contributed by atoms with Crippen LogP contribution < -0.4 is 42.3 Å². The monoisotopic (exact) mass is 1900 g/mol. The highest BCUT2D eigenvalue weighted by Gasteiger charge is 2.55. The van der Waals surface area contributed by atoms with Gasteiger partial charge >= 0.3 is 5.97 Å². The second-order valence-electron chi connectivity index (χ2n) is 33.9. The molecule has 43 heteroatoms. The lowest BCUT2D eigenvalue weighted by molar-refractivity contribution is -0.247. The molecular weight excluding hydrogens is 1790 g/mol. The van der Waals surface area contributed by atoms with E-state index in [9.17, 15) is 129 Å². The minimum atomic E-state index is -2.24. The minimum Gasteiger partial charge on any atom is -0.507 e. The number of hydrazone groups is 2. The first-order valence-electron chi connectivity index (χ1n) is 43.2. The van der Waals surface area contributed by atoms with Gasteiger partial charge in [0.25, 0.3) is 0 Å². The summed E-state index contributed by atoms with van der Waals surface area (Å²) in [7, 11) is 3.94. The van der Waals surface area contributed by atoms with E-state index >= 15 is 0 Å². The lowest BCUT2D eigenvalue weighted by Gasteiger charge is -2.43. The van der Waals surface area contributed by atoms with Crippen molar-refractivity contribution in [1.82, 2.24) is 10.9 Å². The largest absolute Gasteiger partial charge is 0.507 e. The Bertz CT molecular complexity index is 5560. The van der Waals surface area contributed by atoms with E-state index in [1.165, 1.54) is 82.9 Å². The summed E-state index contributed by atoms with van der Waals surface area (Å²) in [5, 5.41) is 182. The van der Waals surface area contributed by atoms with E-state index in [4.69, 9.17) is 64.9 Å². The lowest BCUT2D eigenvalue weighted by atomic mass is 9.71. The highest BCUT2D eigenvalue weighted by atomic mass is 16.7. The Labute approximate surface area is 776 Å². The number of fused-ring (bicyclic) bond motifs is 9. The number of ketones is 8. The van der Waals surface area contributed by atoms with Gasteiger partial charge in [0.2, 0.25) is 29.2 Å². The normalized spacial score (nSPS) is 27.3. The Hall–Kier alpha value is -12.1. The number of amides is 2. The van der Waals surface area contributed by atoms with E-state index in [0.29, 0.717) is 0 Å². The molecule has 0 saturated carbocycles. The van der Waals surface area contributed by atoms with Crippen LogP contribution in [0.15, 0.2) is 64.8 Å². The number of carbonyl (C=O) groups is 11. The number of nitrogens with two attached hydrogens (primary N) is 3. The fraction of sp³-hybridized carbons (Fsp3) is 0.473. The number of benzene rings is 6. The van der Waals surface area contributed by atoms with Crippen molar-refractivity contribution < 1.29 is 177 Å². The summed E-state index contributed by atoms with van der Waals surface area (Å²) in [6.07, 6.45) is -17.0. The number of aliphatic carboxylic acids is 1. The van der Waals surface area contributed by atoms with Gasteiger partial charge in [-0.2, -0.15) is 10.2 Å². The Morgan fingerprint density at radius 2 is 0.706 bits per heavy atom. The van der Waals surface area contributed by atoms with Crippen LogP contribution >= 0.6 is 0 Å². The predicted molar refractivity (Wildman–Crippen MR) is 471 cm³/mol. The van der Waals surface area contributed by atoms with E-state index in [1.807, 2.05) is 13.8 Å². The van der Waals surface area contributed by atoms with Gasteiger partial charge in [-0.1, -0.05) is 57.7 Å². The van der Waals surface area contributed by atoms with Crippen LogP contribution in [0.5, 0.6) is 51.7 Å². The molecule has 3 aliphatic heterocycles. The average molecular weight is 1900 g/mol. The Morgan fingerprint density at radius 1 is 0.426 bits per heavy atom. The van der Waals surface area contributed by atoms with Crippen molar-refractivity contribution in [2.24, 2.45) is 27.4 Å². The third-order valence-electron chi connectivity index (χ3n) is 25.4. The van der Waals surface area contributed by atoms with Crippen molar-refractivity contribution in [2.75, 3.05) is 41.2 Å². The van der Waals surface area contributed by atoms with Gasteiger partial charge in [0.1, 0.15) is 80.9 Å². The molecule has 3 heterocycles. The summed E-state index contributed by atoms with van der Waals surface area (Å²) < 4.78 is 51.5. The molecule has 3 saturated heterocycles. The molecule has 9 aliphatic rings. The maximum atomic E-state index is 13.9. The molecule has 6 aromatic carbocycles. The zero-order chi connectivity index (χ0) is 99.1. The predicted octanol–water partition coefficient (Wildman–Crippen LogP) is 1.71. The Kier molecular flexibility index (Phi) is 32.1. The van der Waals surface area contributed by atoms with Crippen molar-refractivity contribution >= 4 is 75.5 Å². The van der Waals surface area contributed by atoms with E-state index in [0.717, 1.165) is 0 Å². The fourth-order valence-electron chi connectivity index (χ4n) is 18.4. The number of nitrogens with zero attached hydrogens (tertiary/aromatic N) is 2. The van der Waals surface area contributed by atoms with E-state index < -0.39 is 312 Å². The number of rotatable bonds is 23. The number of Topliss-reactive ketones (excluding diaryl/α,β-unsaturated/α-hetero) is 2. The number of ether oxygens (including phenoxy) is 9. The van der Waals surface area contributed by atoms with Crippen LogP contribution in [-0.4, -0.2) is 289 Å². The molecule has 6 aliphatic carbocycles. The smallest absolute Gasteiger partial charge is 0.303 e. The van der Waals surface area contributed by atoms with Crippen molar-refractivity contribution in [3.63, 3.8) is 0 Å². The van der Waals surface area contributed by atoms with E-state index in [1.54, 1.807) is 20.8 Å². The molecule has 18 atom stereocenters. The number of aromatic hydroxyl groups is 6. The molecule has 6 aromatic rings. The number of aliphatic hydroxyl groups is 9. The molecule has 43 nitrogen and oxygen atoms in total. The molecule has 734 valence electrons. The quantitative estimate of drug-likeness (QED) is 0.0246. The van der Waals surface area contributed by atoms with Crippen LogP contribution in [0.3, 0.4) is 0 Å². The number of phenols is 6. The summed E-state index contributed by atoms with van der Waals surface area (Å²) >= 11 is 0. The van der Waals surface area contributed by atoms with Gasteiger partial charge in [0.05, 0.1) is 157 Å². The lowest BCUT2D eigenvalue weighted by Crippen LogP contribution is -2.53. The molecule has 24 N–H and O–H groups in total. The molecule has 2 amide bonds. The van der Waals surface area contributed by atoms with Crippen LogP contribution in [0.25, 0.3) is 0 Å². The van der Waals surface area contributed by atoms with Crippen molar-refractivity contribution in [2.45, 2.75) is 241 Å². The summed E-state index contributed by atoms with van der Waals surface area (Å²) in [5.74, 6) is -12.6. The fourth-order valence-corrected chi connectivity index (χ4v) is 18.4. The second-order valence-corrected chi connectivity index (χ2v) is 33.9. The number of methoxy groups -OCH3 is 3. The first-order chi connectivity index (χ1) is 63.9. The molecule has 136 heavy (non-hydrogen) atoms. The number of carbonyl (C=O) groups excluding carboxylic acids is 10. The zero-order valence-electron chi connectivity index (χ0n) is 74.6. The first-order valence-corrected chi connectivity index (χ1v) is 43.2. The van der Waals surface area contributed by atoms with Crippen LogP contribution in [0.4, 0.5) is 0 Å². The van der Waals surface area contributed by atoms with Gasteiger partial charge in [-0.05, 0) is 45.9 Å². The number of hydrogen-bond donors (Lipinski definition) is 21. The third-order valence-corrected chi connectivity index (χ3v) is 25.4.